The maximum atomic E-state index is 11.7. The normalized spacial score (nSPS) is 15.4. The van der Waals surface area contributed by atoms with Crippen LogP contribution in [0.2, 0.25) is 0 Å². The van der Waals surface area contributed by atoms with Crippen LogP contribution in [0.4, 0.5) is 10.5 Å². The van der Waals surface area contributed by atoms with Crippen molar-refractivity contribution in [2.45, 2.75) is 38.1 Å². The van der Waals surface area contributed by atoms with Crippen molar-refractivity contribution in [1.82, 2.24) is 10.6 Å². The van der Waals surface area contributed by atoms with Crippen molar-refractivity contribution in [3.05, 3.63) is 30.3 Å². The summed E-state index contributed by atoms with van der Waals surface area (Å²) in [6, 6.07) is 9.17. The Bertz CT molecular complexity index is 442. The molecule has 1 aromatic carbocycles. The second-order valence-electron chi connectivity index (χ2n) is 5.08. The Labute approximate surface area is 119 Å². The minimum absolute atomic E-state index is 0.0204. The van der Waals surface area contributed by atoms with Crippen LogP contribution in [0, 0.1) is 0 Å². The first-order valence-corrected chi connectivity index (χ1v) is 7.13. The number of nitrogens with one attached hydrogen (secondary N) is 3. The highest BCUT2D eigenvalue weighted by Gasteiger charge is 2.15. The summed E-state index contributed by atoms with van der Waals surface area (Å²) in [5, 5.41) is 8.22. The van der Waals surface area contributed by atoms with Gasteiger partial charge in [0.05, 0.1) is 6.54 Å². The zero-order valence-corrected chi connectivity index (χ0v) is 11.5. The Kier molecular flexibility index (Phi) is 5.41. The molecule has 0 radical (unpaired) electrons. The van der Waals surface area contributed by atoms with Gasteiger partial charge in [-0.2, -0.15) is 0 Å². The van der Waals surface area contributed by atoms with Crippen molar-refractivity contribution in [2.75, 3.05) is 11.9 Å². The van der Waals surface area contributed by atoms with Gasteiger partial charge in [0, 0.05) is 11.7 Å². The van der Waals surface area contributed by atoms with Crippen molar-refractivity contribution < 1.29 is 9.59 Å². The molecule has 108 valence electrons. The number of benzene rings is 1. The lowest BCUT2D eigenvalue weighted by Crippen LogP contribution is -2.45. The summed E-state index contributed by atoms with van der Waals surface area (Å²) in [5.74, 6) is -0.227. The molecular formula is C15H21N3O2. The smallest absolute Gasteiger partial charge is 0.315 e. The first-order valence-electron chi connectivity index (χ1n) is 7.13. The van der Waals surface area contributed by atoms with Gasteiger partial charge in [-0.1, -0.05) is 37.5 Å². The molecule has 0 atom stereocenters. The van der Waals surface area contributed by atoms with Crippen LogP contribution in [-0.4, -0.2) is 24.5 Å². The standard InChI is InChI=1S/C15H21N3O2/c19-14(17-12-7-3-1-4-8-12)11-16-15(20)18-13-9-5-2-6-10-13/h1,3-4,7-8,13H,2,5-6,9-11H2,(H,17,19)(H2,16,18,20). The van der Waals surface area contributed by atoms with E-state index in [4.69, 9.17) is 0 Å². The van der Waals surface area contributed by atoms with E-state index in [2.05, 4.69) is 16.0 Å². The molecule has 1 aliphatic carbocycles. The molecule has 5 heteroatoms. The molecule has 1 fully saturated rings. The van der Waals surface area contributed by atoms with Crippen LogP contribution in [0.1, 0.15) is 32.1 Å². The minimum Gasteiger partial charge on any atom is -0.335 e. The number of hydrogen-bond acceptors (Lipinski definition) is 2. The fraction of sp³-hybridized carbons (Fsp3) is 0.467. The monoisotopic (exact) mass is 275 g/mol. The minimum atomic E-state index is -0.264. The van der Waals surface area contributed by atoms with Crippen molar-refractivity contribution in [3.8, 4) is 0 Å². The summed E-state index contributed by atoms with van der Waals surface area (Å²) < 4.78 is 0. The molecule has 20 heavy (non-hydrogen) atoms. The Balaban J connectivity index is 1.66. The van der Waals surface area contributed by atoms with Crippen LogP contribution in [-0.2, 0) is 4.79 Å². The highest BCUT2D eigenvalue weighted by Crippen LogP contribution is 2.17. The largest absolute Gasteiger partial charge is 0.335 e. The maximum absolute atomic E-state index is 11.7. The first kappa shape index (κ1) is 14.4. The molecule has 3 N–H and O–H groups in total. The number of hydrogen-bond donors (Lipinski definition) is 3. The molecular weight excluding hydrogens is 254 g/mol. The molecule has 0 heterocycles. The Morgan fingerprint density at radius 2 is 1.75 bits per heavy atom. The third-order valence-corrected chi connectivity index (χ3v) is 3.41. The van der Waals surface area contributed by atoms with E-state index in [9.17, 15) is 9.59 Å². The highest BCUT2D eigenvalue weighted by molar-refractivity contribution is 5.94. The van der Waals surface area contributed by atoms with Crippen LogP contribution in [0.25, 0.3) is 0 Å². The van der Waals surface area contributed by atoms with Gasteiger partial charge in [0.1, 0.15) is 0 Å². The lowest BCUT2D eigenvalue weighted by Gasteiger charge is -2.22. The summed E-state index contributed by atoms with van der Waals surface area (Å²) in [7, 11) is 0. The zero-order chi connectivity index (χ0) is 14.2. The fourth-order valence-electron chi connectivity index (χ4n) is 2.37. The van der Waals surface area contributed by atoms with E-state index in [1.165, 1.54) is 19.3 Å². The van der Waals surface area contributed by atoms with Crippen LogP contribution >= 0.6 is 0 Å². The molecule has 0 aromatic heterocycles. The van der Waals surface area contributed by atoms with Gasteiger partial charge >= 0.3 is 6.03 Å². The average molecular weight is 275 g/mol. The predicted octanol–water partition coefficient (Wildman–Crippen LogP) is 2.26. The number of rotatable bonds is 4. The number of para-hydroxylation sites is 1. The van der Waals surface area contributed by atoms with Gasteiger partial charge in [-0.25, -0.2) is 4.79 Å². The molecule has 5 nitrogen and oxygen atoms in total. The fourth-order valence-corrected chi connectivity index (χ4v) is 2.37. The van der Waals surface area contributed by atoms with Gasteiger partial charge in [-0.05, 0) is 25.0 Å². The van der Waals surface area contributed by atoms with Crippen LogP contribution < -0.4 is 16.0 Å². The number of carbonyl (C=O) groups is 2. The molecule has 2 rings (SSSR count). The number of anilines is 1. The molecule has 0 bridgehead atoms. The lowest BCUT2D eigenvalue weighted by atomic mass is 9.96. The van der Waals surface area contributed by atoms with Gasteiger partial charge < -0.3 is 16.0 Å². The van der Waals surface area contributed by atoms with Gasteiger partial charge in [0.2, 0.25) is 5.91 Å². The third kappa shape index (κ3) is 4.91. The molecule has 1 aromatic rings. The number of amides is 3. The molecule has 1 aliphatic rings. The Morgan fingerprint density at radius 3 is 2.45 bits per heavy atom. The van der Waals surface area contributed by atoms with Crippen LogP contribution in [0.15, 0.2) is 30.3 Å². The van der Waals surface area contributed by atoms with Gasteiger partial charge in [0.25, 0.3) is 0 Å². The second kappa shape index (κ2) is 7.53. The Morgan fingerprint density at radius 1 is 1.05 bits per heavy atom. The average Bonchev–Trinajstić information content (AvgIpc) is 2.47. The topological polar surface area (TPSA) is 70.2 Å². The van der Waals surface area contributed by atoms with Gasteiger partial charge in [-0.15, -0.1) is 0 Å². The lowest BCUT2D eigenvalue weighted by molar-refractivity contribution is -0.115. The van der Waals surface area contributed by atoms with Gasteiger partial charge in [-0.3, -0.25) is 4.79 Å². The van der Waals surface area contributed by atoms with E-state index in [1.807, 2.05) is 18.2 Å². The number of urea groups is 1. The van der Waals surface area contributed by atoms with E-state index in [0.717, 1.165) is 18.5 Å². The number of carbonyl (C=O) groups excluding carboxylic acids is 2. The maximum Gasteiger partial charge on any atom is 0.315 e. The van der Waals surface area contributed by atoms with E-state index in [0.29, 0.717) is 0 Å². The third-order valence-electron chi connectivity index (χ3n) is 3.41. The van der Waals surface area contributed by atoms with E-state index < -0.39 is 0 Å². The summed E-state index contributed by atoms with van der Waals surface area (Å²) >= 11 is 0. The molecule has 0 saturated heterocycles. The van der Waals surface area contributed by atoms with Crippen molar-refractivity contribution in [1.29, 1.82) is 0 Å². The molecule has 0 aliphatic heterocycles. The molecule has 1 saturated carbocycles. The van der Waals surface area contributed by atoms with Crippen molar-refractivity contribution in [3.63, 3.8) is 0 Å². The van der Waals surface area contributed by atoms with E-state index in [-0.39, 0.29) is 24.5 Å². The summed E-state index contributed by atoms with van der Waals surface area (Å²) in [4.78, 5) is 23.3. The highest BCUT2D eigenvalue weighted by atomic mass is 16.2. The van der Waals surface area contributed by atoms with Crippen molar-refractivity contribution >= 4 is 17.6 Å². The summed E-state index contributed by atoms with van der Waals surface area (Å²) in [6.07, 6.45) is 5.64. The van der Waals surface area contributed by atoms with Crippen LogP contribution in [0.5, 0.6) is 0 Å². The van der Waals surface area contributed by atoms with E-state index >= 15 is 0 Å². The summed E-state index contributed by atoms with van der Waals surface area (Å²) in [5.41, 5.74) is 0.729. The van der Waals surface area contributed by atoms with Crippen molar-refractivity contribution in [2.24, 2.45) is 0 Å². The molecule has 0 spiro atoms. The Hall–Kier alpha value is -2.04. The molecule has 3 amide bonds. The second-order valence-corrected chi connectivity index (χ2v) is 5.08. The van der Waals surface area contributed by atoms with Gasteiger partial charge in [0.15, 0.2) is 0 Å². The zero-order valence-electron chi connectivity index (χ0n) is 11.5. The quantitative estimate of drug-likeness (QED) is 0.788. The van der Waals surface area contributed by atoms with Crippen LogP contribution in [0.3, 0.4) is 0 Å². The first-order chi connectivity index (χ1) is 9.74. The molecule has 0 unspecified atom stereocenters. The predicted molar refractivity (Wildman–Crippen MR) is 78.5 cm³/mol. The van der Waals surface area contributed by atoms with E-state index in [1.54, 1.807) is 12.1 Å². The SMILES string of the molecule is O=C(CNC(=O)NC1CCCCC1)Nc1ccccc1. The summed E-state index contributed by atoms with van der Waals surface area (Å²) in [6.45, 7) is -0.0204.